The maximum absolute atomic E-state index is 11.9. The van der Waals surface area contributed by atoms with E-state index in [-0.39, 0.29) is 18.1 Å². The average Bonchev–Trinajstić information content (AvgIpc) is 2.50. The van der Waals surface area contributed by atoms with Crippen LogP contribution in [0.3, 0.4) is 0 Å². The number of anilines is 2. The molecule has 5 N–H and O–H groups in total. The van der Waals surface area contributed by atoms with Crippen molar-refractivity contribution in [2.75, 3.05) is 17.7 Å². The number of nitrogens with one attached hydrogen (secondary N) is 2. The molecule has 0 aliphatic heterocycles. The number of nitrogens with two attached hydrogens (primary N) is 1. The molecule has 7 nitrogen and oxygen atoms in total. The van der Waals surface area contributed by atoms with Gasteiger partial charge in [-0.15, -0.1) is 0 Å². The molecule has 2 aromatic rings. The summed E-state index contributed by atoms with van der Waals surface area (Å²) < 4.78 is 1.13. The van der Waals surface area contributed by atoms with Crippen molar-refractivity contribution >= 4 is 11.5 Å². The Kier molecular flexibility index (Phi) is 3.86. The van der Waals surface area contributed by atoms with Crippen molar-refractivity contribution < 1.29 is 5.11 Å². The van der Waals surface area contributed by atoms with Crippen LogP contribution in [0.5, 0.6) is 0 Å². The number of aromatic nitrogens is 2. The van der Waals surface area contributed by atoms with Crippen molar-refractivity contribution in [2.24, 2.45) is 7.05 Å². The Hall–Kier alpha value is -2.54. The van der Waals surface area contributed by atoms with Gasteiger partial charge < -0.3 is 16.2 Å². The van der Waals surface area contributed by atoms with E-state index in [0.29, 0.717) is 0 Å². The molecule has 0 saturated heterocycles. The van der Waals surface area contributed by atoms with E-state index in [9.17, 15) is 14.7 Å². The summed E-state index contributed by atoms with van der Waals surface area (Å²) in [7, 11) is 1.46. The third-order valence-corrected chi connectivity index (χ3v) is 3.50. The van der Waals surface area contributed by atoms with E-state index in [4.69, 9.17) is 5.73 Å². The number of aromatic amines is 1. The quantitative estimate of drug-likeness (QED) is 0.632. The first-order valence-corrected chi connectivity index (χ1v) is 6.42. The third kappa shape index (κ3) is 2.68. The van der Waals surface area contributed by atoms with Gasteiger partial charge in [-0.2, -0.15) is 0 Å². The number of nitrogens with zero attached hydrogens (tertiary/aromatic N) is 1. The van der Waals surface area contributed by atoms with Gasteiger partial charge in [-0.3, -0.25) is 14.3 Å². The molecule has 0 amide bonds. The molecule has 7 heteroatoms. The highest BCUT2D eigenvalue weighted by Gasteiger charge is 2.28. The van der Waals surface area contributed by atoms with Crippen LogP contribution < -0.4 is 22.3 Å². The molecule has 0 aliphatic rings. The second-order valence-electron chi connectivity index (χ2n) is 5.06. The Morgan fingerprint density at radius 3 is 2.52 bits per heavy atom. The van der Waals surface area contributed by atoms with E-state index in [1.54, 1.807) is 6.92 Å². The Bertz CT molecular complexity index is 751. The first-order valence-electron chi connectivity index (χ1n) is 6.42. The highest BCUT2D eigenvalue weighted by molar-refractivity contribution is 5.62. The number of hydrogen-bond acceptors (Lipinski definition) is 5. The van der Waals surface area contributed by atoms with E-state index in [1.165, 1.54) is 7.05 Å². The molecule has 2 rings (SSSR count). The highest BCUT2D eigenvalue weighted by Crippen LogP contribution is 2.25. The zero-order valence-corrected chi connectivity index (χ0v) is 11.9. The molecule has 1 unspecified atom stereocenters. The van der Waals surface area contributed by atoms with Crippen LogP contribution in [-0.4, -0.2) is 21.3 Å². The van der Waals surface area contributed by atoms with Gasteiger partial charge in [0.25, 0.3) is 5.56 Å². The molecule has 112 valence electrons. The minimum Gasteiger partial charge on any atom is -0.394 e. The standard InChI is InChI=1S/C14H18N4O3/c1-14(8-19,9-6-4-3-5-7-9)17-10-11(15)18(2)13(21)16-12(10)20/h3-7,17,19H,8,15H2,1-2H3,(H,16,20,21). The van der Waals surface area contributed by atoms with Crippen LogP contribution in [0.25, 0.3) is 0 Å². The van der Waals surface area contributed by atoms with Crippen LogP contribution in [0.1, 0.15) is 12.5 Å². The smallest absolute Gasteiger partial charge is 0.329 e. The van der Waals surface area contributed by atoms with Crippen LogP contribution >= 0.6 is 0 Å². The maximum Gasteiger partial charge on any atom is 0.329 e. The number of aliphatic hydroxyl groups is 1. The number of aliphatic hydroxyl groups excluding tert-OH is 1. The first kappa shape index (κ1) is 14.9. The van der Waals surface area contributed by atoms with Crippen LogP contribution in [0, 0.1) is 0 Å². The summed E-state index contributed by atoms with van der Waals surface area (Å²) in [6.45, 7) is 1.49. The minimum atomic E-state index is -0.903. The summed E-state index contributed by atoms with van der Waals surface area (Å²) in [5.74, 6) is 0.0133. The van der Waals surface area contributed by atoms with E-state index in [2.05, 4.69) is 10.3 Å². The maximum atomic E-state index is 11.9. The summed E-state index contributed by atoms with van der Waals surface area (Å²) in [5.41, 5.74) is 4.56. The third-order valence-electron chi connectivity index (χ3n) is 3.50. The van der Waals surface area contributed by atoms with Gasteiger partial charge in [-0.25, -0.2) is 4.79 Å². The molecule has 1 aromatic heterocycles. The topological polar surface area (TPSA) is 113 Å². The van der Waals surface area contributed by atoms with Crippen molar-refractivity contribution in [1.29, 1.82) is 0 Å². The molecular formula is C14H18N4O3. The fourth-order valence-electron chi connectivity index (χ4n) is 2.04. The van der Waals surface area contributed by atoms with Gasteiger partial charge >= 0.3 is 5.69 Å². The molecule has 1 heterocycles. The highest BCUT2D eigenvalue weighted by atomic mass is 16.3. The Morgan fingerprint density at radius 2 is 1.95 bits per heavy atom. The number of H-pyrrole nitrogens is 1. The normalized spacial score (nSPS) is 13.7. The molecule has 0 fully saturated rings. The Labute approximate surface area is 121 Å². The second-order valence-corrected chi connectivity index (χ2v) is 5.06. The molecular weight excluding hydrogens is 272 g/mol. The van der Waals surface area contributed by atoms with Gasteiger partial charge in [0.05, 0.1) is 12.1 Å². The first-order chi connectivity index (χ1) is 9.89. The Balaban J connectivity index is 2.52. The van der Waals surface area contributed by atoms with Crippen LogP contribution in [0.4, 0.5) is 11.5 Å². The predicted octanol–water partition coefficient (Wildman–Crippen LogP) is -0.0246. The zero-order valence-electron chi connectivity index (χ0n) is 11.9. The lowest BCUT2D eigenvalue weighted by Gasteiger charge is -2.30. The van der Waals surface area contributed by atoms with Crippen LogP contribution in [-0.2, 0) is 12.6 Å². The summed E-state index contributed by atoms with van der Waals surface area (Å²) in [6.07, 6.45) is 0. The van der Waals surface area contributed by atoms with Crippen molar-refractivity contribution in [3.63, 3.8) is 0 Å². The van der Waals surface area contributed by atoms with Gasteiger partial charge in [0.2, 0.25) is 0 Å². The SMILES string of the molecule is Cn1c(N)c(NC(C)(CO)c2ccccc2)c(=O)[nH]c1=O. The van der Waals surface area contributed by atoms with E-state index >= 15 is 0 Å². The van der Waals surface area contributed by atoms with Gasteiger partial charge in [0.15, 0.2) is 0 Å². The lowest BCUT2D eigenvalue weighted by atomic mass is 9.92. The molecule has 1 atom stereocenters. The van der Waals surface area contributed by atoms with Gasteiger partial charge in [-0.1, -0.05) is 30.3 Å². The van der Waals surface area contributed by atoms with Gasteiger partial charge in [0.1, 0.15) is 11.5 Å². The minimum absolute atomic E-state index is 0.0133. The average molecular weight is 290 g/mol. The van der Waals surface area contributed by atoms with E-state index in [0.717, 1.165) is 10.1 Å². The monoisotopic (exact) mass is 290 g/mol. The van der Waals surface area contributed by atoms with Crippen LogP contribution in [0.2, 0.25) is 0 Å². The van der Waals surface area contributed by atoms with Gasteiger partial charge in [0, 0.05) is 7.05 Å². The molecule has 1 aromatic carbocycles. The summed E-state index contributed by atoms with van der Waals surface area (Å²) in [4.78, 5) is 25.6. The van der Waals surface area contributed by atoms with Crippen LogP contribution in [0.15, 0.2) is 39.9 Å². The fraction of sp³-hybridized carbons (Fsp3) is 0.286. The number of nitrogen functional groups attached to an aromatic ring is 1. The molecule has 0 saturated carbocycles. The predicted molar refractivity (Wildman–Crippen MR) is 81.2 cm³/mol. The Morgan fingerprint density at radius 1 is 1.33 bits per heavy atom. The van der Waals surface area contributed by atoms with E-state index < -0.39 is 16.8 Å². The van der Waals surface area contributed by atoms with Crippen molar-refractivity contribution in [3.8, 4) is 0 Å². The summed E-state index contributed by atoms with van der Waals surface area (Å²) in [6, 6.07) is 9.18. The van der Waals surface area contributed by atoms with Crippen molar-refractivity contribution in [1.82, 2.24) is 9.55 Å². The van der Waals surface area contributed by atoms with Crippen molar-refractivity contribution in [3.05, 3.63) is 56.7 Å². The molecule has 0 spiro atoms. The molecule has 0 aliphatic carbocycles. The fourth-order valence-corrected chi connectivity index (χ4v) is 2.04. The molecule has 0 bridgehead atoms. The van der Waals surface area contributed by atoms with Gasteiger partial charge in [-0.05, 0) is 12.5 Å². The van der Waals surface area contributed by atoms with Crippen molar-refractivity contribution in [2.45, 2.75) is 12.5 Å². The summed E-state index contributed by atoms with van der Waals surface area (Å²) >= 11 is 0. The molecule has 21 heavy (non-hydrogen) atoms. The largest absolute Gasteiger partial charge is 0.394 e. The number of benzene rings is 1. The lowest BCUT2D eigenvalue weighted by Crippen LogP contribution is -2.41. The lowest BCUT2D eigenvalue weighted by molar-refractivity contribution is 0.224. The zero-order chi connectivity index (χ0) is 15.6. The molecule has 0 radical (unpaired) electrons. The number of rotatable bonds is 4. The number of hydrogen-bond donors (Lipinski definition) is 4. The summed E-state index contributed by atoms with van der Waals surface area (Å²) in [5, 5.41) is 12.7. The van der Waals surface area contributed by atoms with E-state index in [1.807, 2.05) is 30.3 Å². The second kappa shape index (κ2) is 5.45.